The number of rotatable bonds is 7. The minimum atomic E-state index is -0.863. The number of ether oxygens (including phenoxy) is 3. The van der Waals surface area contributed by atoms with Gasteiger partial charge < -0.3 is 19.3 Å². The fraction of sp³-hybridized carbons (Fsp3) is 0.524. The molecule has 0 radical (unpaired) electrons. The Kier molecular flexibility index (Phi) is 8.00. The molecule has 0 amide bonds. The van der Waals surface area contributed by atoms with Gasteiger partial charge in [-0.25, -0.2) is 0 Å². The molecular formula is C21H28O4. The first-order valence-corrected chi connectivity index (χ1v) is 8.84. The highest BCUT2D eigenvalue weighted by Gasteiger charge is 2.16. The summed E-state index contributed by atoms with van der Waals surface area (Å²) in [6, 6.07) is 5.61. The van der Waals surface area contributed by atoms with E-state index in [0.717, 1.165) is 42.7 Å². The molecule has 3 atom stereocenters. The third-order valence-corrected chi connectivity index (χ3v) is 4.17. The maximum atomic E-state index is 10.5. The van der Waals surface area contributed by atoms with Crippen LogP contribution in [-0.2, 0) is 15.9 Å². The lowest BCUT2D eigenvalue weighted by Gasteiger charge is -2.23. The van der Waals surface area contributed by atoms with Gasteiger partial charge in [-0.2, -0.15) is 0 Å². The number of aliphatic hydroxyl groups excluding tert-OH is 1. The lowest BCUT2D eigenvalue weighted by atomic mass is 9.98. The molecule has 25 heavy (non-hydrogen) atoms. The third-order valence-electron chi connectivity index (χ3n) is 4.17. The van der Waals surface area contributed by atoms with Gasteiger partial charge in [0, 0.05) is 18.1 Å². The molecule has 1 fully saturated rings. The molecule has 4 heteroatoms. The van der Waals surface area contributed by atoms with E-state index in [9.17, 15) is 5.11 Å². The molecule has 4 nitrogen and oxygen atoms in total. The van der Waals surface area contributed by atoms with Crippen molar-refractivity contribution in [2.45, 2.75) is 45.0 Å². The van der Waals surface area contributed by atoms with Crippen LogP contribution >= 0.6 is 0 Å². The van der Waals surface area contributed by atoms with Crippen LogP contribution in [0.2, 0.25) is 0 Å². The summed E-state index contributed by atoms with van der Waals surface area (Å²) >= 11 is 0. The van der Waals surface area contributed by atoms with E-state index in [0.29, 0.717) is 13.0 Å². The van der Waals surface area contributed by atoms with Crippen molar-refractivity contribution in [1.82, 2.24) is 0 Å². The van der Waals surface area contributed by atoms with Gasteiger partial charge in [-0.15, -0.1) is 6.58 Å². The van der Waals surface area contributed by atoms with Crippen molar-refractivity contribution in [3.05, 3.63) is 42.0 Å². The van der Waals surface area contributed by atoms with Crippen molar-refractivity contribution < 1.29 is 19.3 Å². The predicted molar refractivity (Wildman–Crippen MR) is 98.3 cm³/mol. The first kappa shape index (κ1) is 19.5. The van der Waals surface area contributed by atoms with Crippen LogP contribution < -0.4 is 4.74 Å². The zero-order valence-corrected chi connectivity index (χ0v) is 15.2. The van der Waals surface area contributed by atoms with E-state index < -0.39 is 6.10 Å². The molecule has 1 aliphatic rings. The fourth-order valence-corrected chi connectivity index (χ4v) is 2.83. The van der Waals surface area contributed by atoms with Crippen molar-refractivity contribution in [1.29, 1.82) is 0 Å². The fourth-order valence-electron chi connectivity index (χ4n) is 2.83. The molecule has 0 aliphatic carbocycles. The van der Waals surface area contributed by atoms with Crippen LogP contribution in [0.25, 0.3) is 0 Å². The second kappa shape index (κ2) is 10.2. The van der Waals surface area contributed by atoms with Crippen LogP contribution in [-0.4, -0.2) is 31.7 Å². The maximum Gasteiger partial charge on any atom is 0.157 e. The highest BCUT2D eigenvalue weighted by molar-refractivity contribution is 5.44. The normalized spacial score (nSPS) is 19.4. The first-order chi connectivity index (χ1) is 12.2. The summed E-state index contributed by atoms with van der Waals surface area (Å²) < 4.78 is 16.7. The van der Waals surface area contributed by atoms with Gasteiger partial charge in [0.25, 0.3) is 0 Å². The van der Waals surface area contributed by atoms with Gasteiger partial charge in [-0.05, 0) is 44.2 Å². The lowest BCUT2D eigenvalue weighted by molar-refractivity contribution is -0.165. The van der Waals surface area contributed by atoms with Crippen LogP contribution in [0.5, 0.6) is 5.75 Å². The number of aliphatic hydroxyl groups is 1. The van der Waals surface area contributed by atoms with Crippen LogP contribution in [0.1, 0.15) is 43.4 Å². The van der Waals surface area contributed by atoms with Gasteiger partial charge >= 0.3 is 0 Å². The summed E-state index contributed by atoms with van der Waals surface area (Å²) in [5.74, 6) is 6.77. The Morgan fingerprint density at radius 1 is 1.40 bits per heavy atom. The number of hydrogen-bond acceptors (Lipinski definition) is 4. The molecule has 2 rings (SSSR count). The molecule has 0 aromatic heterocycles. The Balaban J connectivity index is 1.98. The standard InChI is InChI=1S/C21H28O4/c1-4-8-18-17(9-7-10-20(18)23-3)19(22)13-12-16(2)15-25-21-11-5-6-14-24-21/h4,7,9-10,16,19,21-22H,1,5-6,8,11,14-15H2,2-3H3/t16?,19-,21?/m0/s1. The van der Waals surface area contributed by atoms with Crippen molar-refractivity contribution in [2.24, 2.45) is 5.92 Å². The molecule has 1 aromatic rings. The van der Waals surface area contributed by atoms with Crippen molar-refractivity contribution >= 4 is 0 Å². The van der Waals surface area contributed by atoms with Crippen molar-refractivity contribution in [3.8, 4) is 17.6 Å². The molecule has 1 aromatic carbocycles. The average Bonchev–Trinajstić information content (AvgIpc) is 2.65. The largest absolute Gasteiger partial charge is 0.496 e. The molecular weight excluding hydrogens is 316 g/mol. The van der Waals surface area contributed by atoms with E-state index in [2.05, 4.69) is 18.4 Å². The Labute approximate surface area is 150 Å². The van der Waals surface area contributed by atoms with E-state index in [1.54, 1.807) is 13.2 Å². The Bertz CT molecular complexity index is 608. The summed E-state index contributed by atoms with van der Waals surface area (Å²) in [6.07, 6.45) is 4.63. The highest BCUT2D eigenvalue weighted by atomic mass is 16.7. The summed E-state index contributed by atoms with van der Waals surface area (Å²) in [4.78, 5) is 0. The molecule has 136 valence electrons. The smallest absolute Gasteiger partial charge is 0.157 e. The zero-order chi connectivity index (χ0) is 18.1. The van der Waals surface area contributed by atoms with E-state index in [4.69, 9.17) is 14.2 Å². The molecule has 0 saturated carbocycles. The summed E-state index contributed by atoms with van der Waals surface area (Å²) in [7, 11) is 1.62. The van der Waals surface area contributed by atoms with Gasteiger partial charge in [0.15, 0.2) is 6.29 Å². The number of methoxy groups -OCH3 is 1. The first-order valence-electron chi connectivity index (χ1n) is 8.84. The van der Waals surface area contributed by atoms with Gasteiger partial charge in [0.05, 0.1) is 13.7 Å². The van der Waals surface area contributed by atoms with E-state index in [1.807, 2.05) is 25.1 Å². The van der Waals surface area contributed by atoms with Gasteiger partial charge in [0.2, 0.25) is 0 Å². The maximum absolute atomic E-state index is 10.5. The van der Waals surface area contributed by atoms with Gasteiger partial charge in [-0.1, -0.05) is 30.0 Å². The van der Waals surface area contributed by atoms with Crippen molar-refractivity contribution in [2.75, 3.05) is 20.3 Å². The Morgan fingerprint density at radius 3 is 2.92 bits per heavy atom. The van der Waals surface area contributed by atoms with E-state index >= 15 is 0 Å². The van der Waals surface area contributed by atoms with Crippen molar-refractivity contribution in [3.63, 3.8) is 0 Å². The highest BCUT2D eigenvalue weighted by Crippen LogP contribution is 2.27. The topological polar surface area (TPSA) is 47.9 Å². The second-order valence-corrected chi connectivity index (χ2v) is 6.24. The SMILES string of the molecule is C=CCc1c(OC)cccc1[C@@H](O)C#CC(C)COC1CCCCO1. The predicted octanol–water partition coefficient (Wildman–Crippen LogP) is 3.64. The molecule has 1 heterocycles. The zero-order valence-electron chi connectivity index (χ0n) is 15.2. The number of hydrogen-bond donors (Lipinski definition) is 1. The van der Waals surface area contributed by atoms with Crippen LogP contribution in [0.15, 0.2) is 30.9 Å². The van der Waals surface area contributed by atoms with Crippen LogP contribution in [0, 0.1) is 17.8 Å². The van der Waals surface area contributed by atoms with Gasteiger partial charge in [0.1, 0.15) is 11.9 Å². The van der Waals surface area contributed by atoms with Crippen LogP contribution in [0.4, 0.5) is 0 Å². The minimum absolute atomic E-state index is 0.0219. The average molecular weight is 344 g/mol. The molecule has 0 spiro atoms. The molecule has 1 N–H and O–H groups in total. The quantitative estimate of drug-likeness (QED) is 0.606. The third kappa shape index (κ3) is 5.89. The number of benzene rings is 1. The minimum Gasteiger partial charge on any atom is -0.496 e. The Hall–Kier alpha value is -1.80. The summed E-state index contributed by atoms with van der Waals surface area (Å²) in [5, 5.41) is 10.5. The molecule has 2 unspecified atom stereocenters. The van der Waals surface area contributed by atoms with E-state index in [1.165, 1.54) is 0 Å². The molecule has 0 bridgehead atoms. The summed E-state index contributed by atoms with van der Waals surface area (Å²) in [5.41, 5.74) is 1.68. The molecule has 1 saturated heterocycles. The lowest BCUT2D eigenvalue weighted by Crippen LogP contribution is -2.24. The second-order valence-electron chi connectivity index (χ2n) is 6.24. The van der Waals surface area contributed by atoms with Gasteiger partial charge in [-0.3, -0.25) is 0 Å². The number of allylic oxidation sites excluding steroid dienone is 1. The molecule has 1 aliphatic heterocycles. The monoisotopic (exact) mass is 344 g/mol. The summed E-state index contributed by atoms with van der Waals surface area (Å²) in [6.45, 7) is 7.03. The van der Waals surface area contributed by atoms with Crippen LogP contribution in [0.3, 0.4) is 0 Å². The van der Waals surface area contributed by atoms with E-state index in [-0.39, 0.29) is 12.2 Å². The Morgan fingerprint density at radius 2 is 2.24 bits per heavy atom.